The molecule has 0 bridgehead atoms. The van der Waals surface area contributed by atoms with Crippen molar-refractivity contribution in [3.05, 3.63) is 69.5 Å². The fraction of sp³-hybridized carbons (Fsp3) is 0.348. The number of benzene rings is 1. The maximum Gasteiger partial charge on any atom is 0.322 e. The smallest absolute Gasteiger partial charge is 0.322 e. The van der Waals surface area contributed by atoms with Gasteiger partial charge in [0.25, 0.3) is 11.5 Å². The fourth-order valence-corrected chi connectivity index (χ4v) is 4.02. The number of nitrogens with zero attached hydrogens (tertiary/aromatic N) is 4. The lowest BCUT2D eigenvalue weighted by atomic mass is 10.2. The van der Waals surface area contributed by atoms with Gasteiger partial charge in [-0.25, -0.2) is 9.48 Å². The number of urea groups is 1. The van der Waals surface area contributed by atoms with Gasteiger partial charge in [-0.15, -0.1) is 0 Å². The second-order valence-electron chi connectivity index (χ2n) is 7.97. The summed E-state index contributed by atoms with van der Waals surface area (Å²) in [6, 6.07) is 10.7. The van der Waals surface area contributed by atoms with Gasteiger partial charge >= 0.3 is 6.03 Å². The molecule has 1 saturated heterocycles. The van der Waals surface area contributed by atoms with E-state index in [9.17, 15) is 14.4 Å². The molecular formula is C23H27N5O4. The highest BCUT2D eigenvalue weighted by molar-refractivity contribution is 5.95. The van der Waals surface area contributed by atoms with Crippen LogP contribution in [0.25, 0.3) is 5.69 Å². The first-order valence-electron chi connectivity index (χ1n) is 10.5. The van der Waals surface area contributed by atoms with Gasteiger partial charge in [0.15, 0.2) is 0 Å². The van der Waals surface area contributed by atoms with Gasteiger partial charge in [-0.2, -0.15) is 0 Å². The van der Waals surface area contributed by atoms with E-state index >= 15 is 0 Å². The molecule has 0 atom stereocenters. The number of aryl methyl sites for hydroxylation is 2. The first-order chi connectivity index (χ1) is 15.3. The highest BCUT2D eigenvalue weighted by Crippen LogP contribution is 2.18. The molecule has 0 saturated carbocycles. The summed E-state index contributed by atoms with van der Waals surface area (Å²) < 4.78 is 8.71. The van der Waals surface area contributed by atoms with Gasteiger partial charge in [0.05, 0.1) is 16.9 Å². The first kappa shape index (κ1) is 21.5. The van der Waals surface area contributed by atoms with Crippen LogP contribution in [-0.2, 0) is 7.05 Å². The Hall–Kier alpha value is -3.75. The van der Waals surface area contributed by atoms with Crippen LogP contribution >= 0.6 is 0 Å². The minimum atomic E-state index is -0.349. The lowest BCUT2D eigenvalue weighted by Gasteiger charge is -2.34. The van der Waals surface area contributed by atoms with Crippen LogP contribution in [0.2, 0.25) is 0 Å². The minimum absolute atomic E-state index is 0.0935. The molecule has 1 aliphatic rings. The Kier molecular flexibility index (Phi) is 5.65. The number of nitrogens with one attached hydrogen (secondary N) is 1. The van der Waals surface area contributed by atoms with Crippen LogP contribution in [0, 0.1) is 20.8 Å². The van der Waals surface area contributed by atoms with Crippen molar-refractivity contribution in [3.8, 4) is 5.69 Å². The van der Waals surface area contributed by atoms with Crippen molar-refractivity contribution in [3.63, 3.8) is 0 Å². The van der Waals surface area contributed by atoms with Crippen LogP contribution in [0.4, 0.5) is 10.5 Å². The molecule has 1 aliphatic heterocycles. The molecule has 168 valence electrons. The molecule has 0 unspecified atom stereocenters. The number of carbonyl (C=O) groups is 2. The van der Waals surface area contributed by atoms with Crippen molar-refractivity contribution in [2.45, 2.75) is 20.8 Å². The number of hydrogen-bond acceptors (Lipinski definition) is 4. The van der Waals surface area contributed by atoms with E-state index in [1.807, 2.05) is 37.3 Å². The van der Waals surface area contributed by atoms with Crippen molar-refractivity contribution in [2.24, 2.45) is 7.05 Å². The fourth-order valence-electron chi connectivity index (χ4n) is 4.02. The molecule has 32 heavy (non-hydrogen) atoms. The molecular weight excluding hydrogens is 410 g/mol. The number of anilines is 1. The standard InChI is InChI=1S/C23H27N5O4/c1-15-14-19(17(3)32-15)21(29)26-10-12-27(13-11-26)23(31)24-20-16(2)25(4)28(22(20)30)18-8-6-5-7-9-18/h5-9,14H,10-13H2,1-4H3,(H,24,31). The van der Waals surface area contributed by atoms with Crippen LogP contribution in [0.1, 0.15) is 27.6 Å². The van der Waals surface area contributed by atoms with Crippen molar-refractivity contribution < 1.29 is 14.0 Å². The lowest BCUT2D eigenvalue weighted by molar-refractivity contribution is 0.0670. The van der Waals surface area contributed by atoms with Crippen LogP contribution in [0.5, 0.6) is 0 Å². The third-order valence-electron chi connectivity index (χ3n) is 5.91. The molecule has 2 aromatic heterocycles. The largest absolute Gasteiger partial charge is 0.466 e. The predicted octanol–water partition coefficient (Wildman–Crippen LogP) is 2.68. The Labute approximate surface area is 185 Å². The van der Waals surface area contributed by atoms with Crippen molar-refractivity contribution in [1.29, 1.82) is 0 Å². The van der Waals surface area contributed by atoms with E-state index in [-0.39, 0.29) is 23.2 Å². The molecule has 4 rings (SSSR count). The molecule has 0 radical (unpaired) electrons. The maximum atomic E-state index is 13.0. The number of carbonyl (C=O) groups excluding carboxylic acids is 2. The van der Waals surface area contributed by atoms with E-state index in [2.05, 4.69) is 5.32 Å². The zero-order chi connectivity index (χ0) is 23.0. The minimum Gasteiger partial charge on any atom is -0.466 e. The van der Waals surface area contributed by atoms with E-state index in [1.165, 1.54) is 4.68 Å². The van der Waals surface area contributed by atoms with E-state index in [0.29, 0.717) is 49.0 Å². The monoisotopic (exact) mass is 437 g/mol. The first-order valence-corrected chi connectivity index (χ1v) is 10.5. The number of furan rings is 1. The molecule has 9 heteroatoms. The zero-order valence-corrected chi connectivity index (χ0v) is 18.7. The summed E-state index contributed by atoms with van der Waals surface area (Å²) in [5, 5.41) is 2.78. The number of hydrogen-bond donors (Lipinski definition) is 1. The van der Waals surface area contributed by atoms with E-state index in [1.54, 1.807) is 41.4 Å². The van der Waals surface area contributed by atoms with Gasteiger partial charge in [0.1, 0.15) is 17.2 Å². The number of rotatable bonds is 3. The Morgan fingerprint density at radius 1 is 0.969 bits per heavy atom. The van der Waals surface area contributed by atoms with Crippen molar-refractivity contribution in [1.82, 2.24) is 19.2 Å². The number of aromatic nitrogens is 2. The molecule has 9 nitrogen and oxygen atoms in total. The Balaban J connectivity index is 1.44. The van der Waals surface area contributed by atoms with Crippen LogP contribution in [-0.4, -0.2) is 57.3 Å². The van der Waals surface area contributed by atoms with Crippen molar-refractivity contribution >= 4 is 17.6 Å². The summed E-state index contributed by atoms with van der Waals surface area (Å²) in [6.45, 7) is 6.97. The highest BCUT2D eigenvalue weighted by atomic mass is 16.3. The summed E-state index contributed by atoms with van der Waals surface area (Å²) in [5.74, 6) is 1.20. The lowest BCUT2D eigenvalue weighted by Crippen LogP contribution is -2.52. The number of para-hydroxylation sites is 1. The molecule has 1 N–H and O–H groups in total. The Morgan fingerprint density at radius 3 is 2.19 bits per heavy atom. The Bertz CT molecular complexity index is 1210. The van der Waals surface area contributed by atoms with Gasteiger partial charge in [-0.05, 0) is 39.0 Å². The average molecular weight is 438 g/mol. The van der Waals surface area contributed by atoms with Crippen LogP contribution in [0.3, 0.4) is 0 Å². The topological polar surface area (TPSA) is 92.7 Å². The SMILES string of the molecule is Cc1cc(C(=O)N2CCN(C(=O)Nc3c(C)n(C)n(-c4ccccc4)c3=O)CC2)c(C)o1. The summed E-state index contributed by atoms with van der Waals surface area (Å²) in [4.78, 5) is 42.0. The highest BCUT2D eigenvalue weighted by Gasteiger charge is 2.28. The summed E-state index contributed by atoms with van der Waals surface area (Å²) in [7, 11) is 1.78. The van der Waals surface area contributed by atoms with E-state index < -0.39 is 0 Å². The van der Waals surface area contributed by atoms with E-state index in [0.717, 1.165) is 5.69 Å². The van der Waals surface area contributed by atoms with Crippen molar-refractivity contribution in [2.75, 3.05) is 31.5 Å². The van der Waals surface area contributed by atoms with Gasteiger partial charge in [-0.3, -0.25) is 14.3 Å². The zero-order valence-electron chi connectivity index (χ0n) is 18.7. The van der Waals surface area contributed by atoms with Gasteiger partial charge < -0.3 is 19.5 Å². The molecule has 3 heterocycles. The molecule has 3 amide bonds. The molecule has 1 aromatic carbocycles. The predicted molar refractivity (Wildman–Crippen MR) is 120 cm³/mol. The Morgan fingerprint density at radius 2 is 1.59 bits per heavy atom. The number of amides is 3. The van der Waals surface area contributed by atoms with Gasteiger partial charge in [0, 0.05) is 33.2 Å². The van der Waals surface area contributed by atoms with Crippen LogP contribution < -0.4 is 10.9 Å². The third kappa shape index (κ3) is 3.81. The van der Waals surface area contributed by atoms with Gasteiger partial charge in [0.2, 0.25) is 0 Å². The van der Waals surface area contributed by atoms with Crippen LogP contribution in [0.15, 0.2) is 45.6 Å². The second kappa shape index (κ2) is 8.41. The maximum absolute atomic E-state index is 13.0. The summed E-state index contributed by atoms with van der Waals surface area (Å²) in [6.07, 6.45) is 0. The quantitative estimate of drug-likeness (QED) is 0.682. The molecule has 3 aromatic rings. The van der Waals surface area contributed by atoms with E-state index in [4.69, 9.17) is 4.42 Å². The molecule has 0 spiro atoms. The normalized spacial score (nSPS) is 14.0. The summed E-state index contributed by atoms with van der Waals surface area (Å²) in [5.41, 5.74) is 1.91. The van der Waals surface area contributed by atoms with Gasteiger partial charge in [-0.1, -0.05) is 18.2 Å². The molecule has 1 fully saturated rings. The number of piperazine rings is 1. The molecule has 0 aliphatic carbocycles. The third-order valence-corrected chi connectivity index (χ3v) is 5.91. The summed E-state index contributed by atoms with van der Waals surface area (Å²) >= 11 is 0. The average Bonchev–Trinajstić information content (AvgIpc) is 3.24. The second-order valence-corrected chi connectivity index (χ2v) is 7.97.